The molecule has 0 fully saturated rings. The van der Waals surface area contributed by atoms with Crippen LogP contribution in [0.1, 0.15) is 17.5 Å². The minimum absolute atomic E-state index is 0.125. The lowest BCUT2D eigenvalue weighted by atomic mass is 10.0. The molecule has 0 heterocycles. The molecule has 0 saturated heterocycles. The van der Waals surface area contributed by atoms with E-state index in [-0.39, 0.29) is 6.04 Å². The Hall–Kier alpha value is -1.08. The molecule has 1 rings (SSSR count). The van der Waals surface area contributed by atoms with Gasteiger partial charge in [0.25, 0.3) is 0 Å². The number of hydrogen-bond acceptors (Lipinski definition) is 1. The van der Waals surface area contributed by atoms with Gasteiger partial charge in [-0.1, -0.05) is 30.3 Å². The quantitative estimate of drug-likeness (QED) is 0.699. The van der Waals surface area contributed by atoms with Crippen LogP contribution in [0.5, 0.6) is 0 Å². The maximum absolute atomic E-state index is 5.75. The molecule has 1 nitrogen and oxygen atoms in total. The van der Waals surface area contributed by atoms with Gasteiger partial charge in [0.2, 0.25) is 0 Å². The zero-order valence-electron chi connectivity index (χ0n) is 8.16. The number of benzene rings is 1. The molecule has 0 aliphatic carbocycles. The molecule has 0 aromatic heterocycles. The summed E-state index contributed by atoms with van der Waals surface area (Å²) >= 11 is 0. The Morgan fingerprint density at radius 3 is 2.77 bits per heavy atom. The van der Waals surface area contributed by atoms with Gasteiger partial charge in [-0.2, -0.15) is 0 Å². The fraction of sp³-hybridized carbons (Fsp3) is 0.333. The van der Waals surface area contributed by atoms with Crippen molar-refractivity contribution in [2.45, 2.75) is 25.8 Å². The minimum atomic E-state index is 0.125. The van der Waals surface area contributed by atoms with Crippen molar-refractivity contribution in [2.75, 3.05) is 0 Å². The third-order valence-corrected chi connectivity index (χ3v) is 2.31. The second-order valence-electron chi connectivity index (χ2n) is 3.36. The van der Waals surface area contributed by atoms with Gasteiger partial charge in [-0.3, -0.25) is 0 Å². The van der Waals surface area contributed by atoms with E-state index < -0.39 is 0 Å². The van der Waals surface area contributed by atoms with Gasteiger partial charge in [0.05, 0.1) is 0 Å². The van der Waals surface area contributed by atoms with E-state index in [0.717, 1.165) is 12.8 Å². The van der Waals surface area contributed by atoms with Gasteiger partial charge in [0.15, 0.2) is 0 Å². The van der Waals surface area contributed by atoms with E-state index in [9.17, 15) is 0 Å². The number of nitrogens with two attached hydrogens (primary N) is 1. The highest BCUT2D eigenvalue weighted by Gasteiger charge is 1.99. The molecule has 1 unspecified atom stereocenters. The van der Waals surface area contributed by atoms with E-state index in [1.165, 1.54) is 11.1 Å². The second-order valence-corrected chi connectivity index (χ2v) is 3.36. The smallest absolute Gasteiger partial charge is 0.0224 e. The highest BCUT2D eigenvalue weighted by atomic mass is 14.6. The predicted molar refractivity (Wildman–Crippen MR) is 57.7 cm³/mol. The molecule has 0 bridgehead atoms. The Balaban J connectivity index is 2.54. The van der Waals surface area contributed by atoms with Crippen molar-refractivity contribution >= 4 is 0 Å². The Morgan fingerprint density at radius 1 is 1.46 bits per heavy atom. The fourth-order valence-electron chi connectivity index (χ4n) is 1.33. The van der Waals surface area contributed by atoms with Gasteiger partial charge in [0.1, 0.15) is 0 Å². The first-order chi connectivity index (χ1) is 6.24. The number of rotatable bonds is 4. The molecule has 1 aromatic carbocycles. The van der Waals surface area contributed by atoms with Crippen molar-refractivity contribution < 1.29 is 0 Å². The predicted octanol–water partition coefficient (Wildman–Crippen LogP) is 2.44. The summed E-state index contributed by atoms with van der Waals surface area (Å²) in [5.41, 5.74) is 8.49. The van der Waals surface area contributed by atoms with Crippen LogP contribution in [0.15, 0.2) is 36.9 Å². The highest BCUT2D eigenvalue weighted by Crippen LogP contribution is 2.10. The van der Waals surface area contributed by atoms with Crippen molar-refractivity contribution in [1.82, 2.24) is 0 Å². The van der Waals surface area contributed by atoms with E-state index in [0.29, 0.717) is 0 Å². The molecule has 1 atom stereocenters. The lowest BCUT2D eigenvalue weighted by Crippen LogP contribution is -2.17. The van der Waals surface area contributed by atoms with Gasteiger partial charge in [-0.05, 0) is 30.9 Å². The van der Waals surface area contributed by atoms with Crippen LogP contribution in [0.2, 0.25) is 0 Å². The zero-order valence-corrected chi connectivity index (χ0v) is 8.16. The summed E-state index contributed by atoms with van der Waals surface area (Å²) in [4.78, 5) is 0. The van der Waals surface area contributed by atoms with Crippen LogP contribution in [0.25, 0.3) is 0 Å². The van der Waals surface area contributed by atoms with Crippen molar-refractivity contribution in [3.05, 3.63) is 48.0 Å². The average Bonchev–Trinajstić information content (AvgIpc) is 2.16. The van der Waals surface area contributed by atoms with E-state index in [2.05, 4.69) is 37.8 Å². The van der Waals surface area contributed by atoms with Crippen molar-refractivity contribution in [3.63, 3.8) is 0 Å². The number of aryl methyl sites for hydroxylation is 2. The standard InChI is InChI=1S/C12H17N/c1-3-12(13)9-8-11-7-5-4-6-10(11)2/h3-7,12H,1,8-9,13H2,2H3. The lowest BCUT2D eigenvalue weighted by molar-refractivity contribution is 0.720. The van der Waals surface area contributed by atoms with Gasteiger partial charge < -0.3 is 5.73 Å². The summed E-state index contributed by atoms with van der Waals surface area (Å²) in [6, 6.07) is 8.55. The molecule has 0 saturated carbocycles. The minimum Gasteiger partial charge on any atom is -0.324 e. The van der Waals surface area contributed by atoms with Crippen molar-refractivity contribution in [3.8, 4) is 0 Å². The Labute approximate surface area is 80.3 Å². The van der Waals surface area contributed by atoms with Crippen LogP contribution < -0.4 is 5.73 Å². The van der Waals surface area contributed by atoms with Crippen molar-refractivity contribution in [2.24, 2.45) is 5.73 Å². The van der Waals surface area contributed by atoms with Gasteiger partial charge in [0, 0.05) is 6.04 Å². The van der Waals surface area contributed by atoms with Crippen molar-refractivity contribution in [1.29, 1.82) is 0 Å². The first-order valence-corrected chi connectivity index (χ1v) is 4.66. The molecule has 2 N–H and O–H groups in total. The maximum atomic E-state index is 5.75. The molecule has 0 spiro atoms. The van der Waals surface area contributed by atoms with Crippen LogP contribution in [0.3, 0.4) is 0 Å². The molecule has 0 radical (unpaired) electrons. The van der Waals surface area contributed by atoms with E-state index in [1.54, 1.807) is 6.08 Å². The van der Waals surface area contributed by atoms with Gasteiger partial charge >= 0.3 is 0 Å². The SMILES string of the molecule is C=CC(N)CCc1ccccc1C. The Kier molecular flexibility index (Phi) is 3.71. The molecule has 0 aliphatic rings. The Bertz CT molecular complexity index is 278. The maximum Gasteiger partial charge on any atom is 0.0224 e. The summed E-state index contributed by atoms with van der Waals surface area (Å²) in [5, 5.41) is 0. The molecule has 0 amide bonds. The van der Waals surface area contributed by atoms with Crippen LogP contribution in [0, 0.1) is 6.92 Å². The summed E-state index contributed by atoms with van der Waals surface area (Å²) < 4.78 is 0. The normalized spacial score (nSPS) is 12.5. The molecule has 1 heteroatoms. The van der Waals surface area contributed by atoms with Crippen LogP contribution >= 0.6 is 0 Å². The topological polar surface area (TPSA) is 26.0 Å². The summed E-state index contributed by atoms with van der Waals surface area (Å²) in [6.45, 7) is 5.80. The zero-order chi connectivity index (χ0) is 9.68. The third-order valence-electron chi connectivity index (χ3n) is 2.31. The fourth-order valence-corrected chi connectivity index (χ4v) is 1.33. The summed E-state index contributed by atoms with van der Waals surface area (Å²) in [6.07, 6.45) is 3.83. The number of hydrogen-bond donors (Lipinski definition) is 1. The first-order valence-electron chi connectivity index (χ1n) is 4.66. The largest absolute Gasteiger partial charge is 0.324 e. The van der Waals surface area contributed by atoms with Gasteiger partial charge in [-0.15, -0.1) is 6.58 Å². The first kappa shape index (κ1) is 10.0. The van der Waals surface area contributed by atoms with E-state index in [1.807, 2.05) is 0 Å². The van der Waals surface area contributed by atoms with Crippen LogP contribution in [-0.2, 0) is 6.42 Å². The van der Waals surface area contributed by atoms with E-state index >= 15 is 0 Å². The molecular weight excluding hydrogens is 158 g/mol. The molecular formula is C12H17N. The average molecular weight is 175 g/mol. The van der Waals surface area contributed by atoms with Crippen LogP contribution in [0.4, 0.5) is 0 Å². The molecule has 1 aromatic rings. The summed E-state index contributed by atoms with van der Waals surface area (Å²) in [5.74, 6) is 0. The van der Waals surface area contributed by atoms with Crippen LogP contribution in [-0.4, -0.2) is 6.04 Å². The Morgan fingerprint density at radius 2 is 2.15 bits per heavy atom. The van der Waals surface area contributed by atoms with Gasteiger partial charge in [-0.25, -0.2) is 0 Å². The van der Waals surface area contributed by atoms with E-state index in [4.69, 9.17) is 5.73 Å². The highest BCUT2D eigenvalue weighted by molar-refractivity contribution is 5.25. The molecule has 13 heavy (non-hydrogen) atoms. The second kappa shape index (κ2) is 4.83. The monoisotopic (exact) mass is 175 g/mol. The third kappa shape index (κ3) is 3.03. The lowest BCUT2D eigenvalue weighted by Gasteiger charge is -2.07. The molecule has 0 aliphatic heterocycles. The summed E-state index contributed by atoms with van der Waals surface area (Å²) in [7, 11) is 0. The molecule has 70 valence electrons.